The highest BCUT2D eigenvalue weighted by Crippen LogP contribution is 2.42. The van der Waals surface area contributed by atoms with Gasteiger partial charge in [0.2, 0.25) is 0 Å². The predicted octanol–water partition coefficient (Wildman–Crippen LogP) is 4.42. The number of carbonyl (C=O) groups is 1. The molecule has 1 unspecified atom stereocenters. The molecule has 2 aromatic carbocycles. The van der Waals surface area contributed by atoms with Gasteiger partial charge in [-0.1, -0.05) is 35.5 Å². The maximum atomic E-state index is 13.2. The average molecular weight is 379 g/mol. The lowest BCUT2D eigenvalue weighted by atomic mass is 9.92. The molecular weight excluding hydrogens is 358 g/mol. The van der Waals surface area contributed by atoms with Crippen LogP contribution in [0.3, 0.4) is 0 Å². The molecule has 1 saturated carbocycles. The van der Waals surface area contributed by atoms with E-state index in [0.717, 1.165) is 40.2 Å². The highest BCUT2D eigenvalue weighted by atomic mass is 32.2. The first-order valence-corrected chi connectivity index (χ1v) is 10.6. The van der Waals surface area contributed by atoms with E-state index >= 15 is 0 Å². The Hall–Kier alpha value is -2.53. The molecule has 0 spiro atoms. The number of hydrogen-bond acceptors (Lipinski definition) is 4. The summed E-state index contributed by atoms with van der Waals surface area (Å²) in [5.41, 5.74) is 4.44. The van der Waals surface area contributed by atoms with Gasteiger partial charge < -0.3 is 4.52 Å². The number of rotatable bonds is 6. The molecule has 0 bridgehead atoms. The minimum Gasteiger partial charge on any atom is -0.360 e. The Kier molecular flexibility index (Phi) is 4.79. The standard InChI is InChI=1S/C22H21NO3S/c1-14-11-18(27(2)25)10-9-16(14)12-17-5-3-4-6-19(17)21(24)20-13-23-26-22(20)15-7-8-15/h3-6,9-11,13,15H,7-8,12H2,1-2H3. The van der Waals surface area contributed by atoms with Crippen molar-refractivity contribution in [3.05, 3.63) is 82.2 Å². The first-order valence-electron chi connectivity index (χ1n) is 9.04. The number of carbonyl (C=O) groups excluding carboxylic acids is 1. The van der Waals surface area contributed by atoms with Crippen LogP contribution in [0.25, 0.3) is 0 Å². The summed E-state index contributed by atoms with van der Waals surface area (Å²) >= 11 is 0. The minimum atomic E-state index is -0.999. The maximum Gasteiger partial charge on any atom is 0.198 e. The predicted molar refractivity (Wildman–Crippen MR) is 105 cm³/mol. The van der Waals surface area contributed by atoms with Crippen LogP contribution in [0.1, 0.15) is 57.1 Å². The third-order valence-corrected chi connectivity index (χ3v) is 6.00. The van der Waals surface area contributed by atoms with Crippen molar-refractivity contribution in [2.45, 2.75) is 37.0 Å². The van der Waals surface area contributed by atoms with E-state index in [-0.39, 0.29) is 5.78 Å². The molecule has 1 fully saturated rings. The summed E-state index contributed by atoms with van der Waals surface area (Å²) in [6.45, 7) is 2.02. The van der Waals surface area contributed by atoms with Gasteiger partial charge in [-0.25, -0.2) is 0 Å². The van der Waals surface area contributed by atoms with Gasteiger partial charge >= 0.3 is 0 Å². The average Bonchev–Trinajstić information content (AvgIpc) is 3.39. The van der Waals surface area contributed by atoms with Crippen LogP contribution in [-0.2, 0) is 17.2 Å². The Balaban J connectivity index is 1.66. The number of benzene rings is 2. The fourth-order valence-electron chi connectivity index (χ4n) is 3.35. The van der Waals surface area contributed by atoms with Gasteiger partial charge in [-0.15, -0.1) is 0 Å². The molecule has 0 amide bonds. The monoisotopic (exact) mass is 379 g/mol. The van der Waals surface area contributed by atoms with Crippen molar-refractivity contribution in [3.8, 4) is 0 Å². The van der Waals surface area contributed by atoms with Crippen molar-refractivity contribution in [1.82, 2.24) is 5.16 Å². The van der Waals surface area contributed by atoms with Gasteiger partial charge in [0.05, 0.1) is 11.8 Å². The first kappa shape index (κ1) is 17.9. The van der Waals surface area contributed by atoms with Gasteiger partial charge in [0, 0.05) is 33.4 Å². The Morgan fingerprint density at radius 1 is 1.15 bits per heavy atom. The largest absolute Gasteiger partial charge is 0.360 e. The number of nitrogens with zero attached hydrogens (tertiary/aromatic N) is 1. The zero-order chi connectivity index (χ0) is 19.0. The van der Waals surface area contributed by atoms with E-state index < -0.39 is 10.8 Å². The van der Waals surface area contributed by atoms with Crippen LogP contribution in [0, 0.1) is 6.92 Å². The van der Waals surface area contributed by atoms with Gasteiger partial charge in [0.1, 0.15) is 0 Å². The Labute approximate surface area is 161 Å². The molecular formula is C22H21NO3S. The number of hydrogen-bond donors (Lipinski definition) is 0. The number of aryl methyl sites for hydroxylation is 1. The van der Waals surface area contributed by atoms with Crippen LogP contribution < -0.4 is 0 Å². The normalized spacial score (nSPS) is 14.9. The molecule has 3 aromatic rings. The molecule has 5 heteroatoms. The van der Waals surface area contributed by atoms with Gasteiger partial charge in [-0.2, -0.15) is 0 Å². The second kappa shape index (κ2) is 7.24. The van der Waals surface area contributed by atoms with E-state index in [4.69, 9.17) is 4.52 Å². The van der Waals surface area contributed by atoms with Gasteiger partial charge in [-0.3, -0.25) is 9.00 Å². The minimum absolute atomic E-state index is 0.0299. The van der Waals surface area contributed by atoms with Crippen LogP contribution in [0.5, 0.6) is 0 Å². The molecule has 0 saturated heterocycles. The van der Waals surface area contributed by atoms with Crippen molar-refractivity contribution in [2.24, 2.45) is 0 Å². The Morgan fingerprint density at radius 3 is 2.63 bits per heavy atom. The molecule has 4 nitrogen and oxygen atoms in total. The first-order chi connectivity index (χ1) is 13.0. The van der Waals surface area contributed by atoms with E-state index in [0.29, 0.717) is 23.5 Å². The van der Waals surface area contributed by atoms with Crippen molar-refractivity contribution in [1.29, 1.82) is 0 Å². The molecule has 138 valence electrons. The topological polar surface area (TPSA) is 60.2 Å². The molecule has 1 aliphatic rings. The van der Waals surface area contributed by atoms with Crippen LogP contribution in [0.15, 0.2) is 58.1 Å². The molecule has 0 N–H and O–H groups in total. The summed E-state index contributed by atoms with van der Waals surface area (Å²) in [6.07, 6.45) is 5.99. The van der Waals surface area contributed by atoms with Crippen molar-refractivity contribution in [3.63, 3.8) is 0 Å². The molecule has 1 aromatic heterocycles. The SMILES string of the molecule is Cc1cc(S(C)=O)ccc1Cc1ccccc1C(=O)c1cnoc1C1CC1. The van der Waals surface area contributed by atoms with Crippen molar-refractivity contribution >= 4 is 16.6 Å². The van der Waals surface area contributed by atoms with Crippen molar-refractivity contribution < 1.29 is 13.5 Å². The molecule has 0 aliphatic heterocycles. The van der Waals surface area contributed by atoms with E-state index in [1.165, 1.54) is 0 Å². The lowest BCUT2D eigenvalue weighted by molar-refractivity contribution is 0.103. The molecule has 1 heterocycles. The zero-order valence-electron chi connectivity index (χ0n) is 15.4. The Morgan fingerprint density at radius 2 is 1.93 bits per heavy atom. The molecule has 1 atom stereocenters. The van der Waals surface area contributed by atoms with Crippen LogP contribution in [-0.4, -0.2) is 21.4 Å². The van der Waals surface area contributed by atoms with E-state index in [9.17, 15) is 9.00 Å². The lowest BCUT2D eigenvalue weighted by Gasteiger charge is -2.11. The molecule has 4 rings (SSSR count). The van der Waals surface area contributed by atoms with Crippen LogP contribution >= 0.6 is 0 Å². The molecule has 1 aliphatic carbocycles. The quantitative estimate of drug-likeness (QED) is 0.595. The third-order valence-electron chi connectivity index (χ3n) is 5.08. The fraction of sp³-hybridized carbons (Fsp3) is 0.273. The third kappa shape index (κ3) is 3.65. The fourth-order valence-corrected chi connectivity index (χ4v) is 3.95. The second-order valence-corrected chi connectivity index (χ2v) is 8.46. The lowest BCUT2D eigenvalue weighted by Crippen LogP contribution is -2.07. The van der Waals surface area contributed by atoms with E-state index in [1.54, 1.807) is 12.5 Å². The summed E-state index contributed by atoms with van der Waals surface area (Å²) in [5, 5.41) is 3.86. The van der Waals surface area contributed by atoms with E-state index in [1.807, 2.05) is 49.4 Å². The second-order valence-electron chi connectivity index (χ2n) is 7.08. The maximum absolute atomic E-state index is 13.2. The summed E-state index contributed by atoms with van der Waals surface area (Å²) in [7, 11) is -0.999. The highest BCUT2D eigenvalue weighted by molar-refractivity contribution is 7.84. The zero-order valence-corrected chi connectivity index (χ0v) is 16.2. The Bertz CT molecular complexity index is 1030. The summed E-state index contributed by atoms with van der Waals surface area (Å²) in [6, 6.07) is 13.6. The van der Waals surface area contributed by atoms with Gasteiger partial charge in [-0.05, 0) is 55.0 Å². The number of aromatic nitrogens is 1. The molecule has 27 heavy (non-hydrogen) atoms. The van der Waals surface area contributed by atoms with Crippen LogP contribution in [0.2, 0.25) is 0 Å². The summed E-state index contributed by atoms with van der Waals surface area (Å²) in [4.78, 5) is 14.0. The summed E-state index contributed by atoms with van der Waals surface area (Å²) < 4.78 is 17.0. The highest BCUT2D eigenvalue weighted by Gasteiger charge is 2.33. The smallest absolute Gasteiger partial charge is 0.198 e. The van der Waals surface area contributed by atoms with Crippen molar-refractivity contribution in [2.75, 3.05) is 6.26 Å². The van der Waals surface area contributed by atoms with Gasteiger partial charge in [0.25, 0.3) is 0 Å². The molecule has 0 radical (unpaired) electrons. The van der Waals surface area contributed by atoms with Gasteiger partial charge in [0.15, 0.2) is 11.5 Å². The summed E-state index contributed by atoms with van der Waals surface area (Å²) in [5.74, 6) is 1.03. The van der Waals surface area contributed by atoms with E-state index in [2.05, 4.69) is 5.16 Å². The number of ketones is 1. The van der Waals surface area contributed by atoms with Crippen LogP contribution in [0.4, 0.5) is 0 Å².